The van der Waals surface area contributed by atoms with Crippen LogP contribution in [0.5, 0.6) is 0 Å². The quantitative estimate of drug-likeness (QED) is 0.320. The molecule has 0 atom stereocenters. The van der Waals surface area contributed by atoms with Crippen molar-refractivity contribution in [3.63, 3.8) is 0 Å². The molecule has 0 aromatic carbocycles. The van der Waals surface area contributed by atoms with Crippen LogP contribution in [0.2, 0.25) is 6.55 Å². The van der Waals surface area contributed by atoms with Crippen LogP contribution in [-0.4, -0.2) is 29.5 Å². The predicted molar refractivity (Wildman–Crippen MR) is 61.0 cm³/mol. The molecule has 4 heteroatoms. The summed E-state index contributed by atoms with van der Waals surface area (Å²) in [6, 6.07) is 0. The van der Waals surface area contributed by atoms with Gasteiger partial charge in [0.15, 0.2) is 9.76 Å². The highest BCUT2D eigenvalue weighted by atomic mass is 28.2. The van der Waals surface area contributed by atoms with Gasteiger partial charge in [-0.2, -0.15) is 0 Å². The average Bonchev–Trinajstić information content (AvgIpc) is 2.18. The summed E-state index contributed by atoms with van der Waals surface area (Å²) in [5.74, 6) is 0. The smallest absolute Gasteiger partial charge is 0.261 e. The van der Waals surface area contributed by atoms with Crippen molar-refractivity contribution in [2.75, 3.05) is 13.2 Å². The van der Waals surface area contributed by atoms with Crippen molar-refractivity contribution in [2.45, 2.75) is 52.6 Å². The van der Waals surface area contributed by atoms with Crippen LogP contribution < -0.4 is 0 Å². The van der Waals surface area contributed by atoms with Crippen molar-refractivity contribution in [1.82, 2.24) is 0 Å². The van der Waals surface area contributed by atoms with Crippen LogP contribution in [0.1, 0.15) is 39.5 Å². The fourth-order valence-electron chi connectivity index (χ4n) is 0.928. The molecule has 0 radical (unpaired) electrons. The molecule has 0 saturated heterocycles. The first-order valence-corrected chi connectivity index (χ1v) is 7.69. The number of rotatable bonds is 10. The lowest BCUT2D eigenvalue weighted by Crippen LogP contribution is -2.23. The molecule has 0 aliphatic carbocycles. The third-order valence-electron chi connectivity index (χ3n) is 1.81. The third kappa shape index (κ3) is 8.68. The summed E-state index contributed by atoms with van der Waals surface area (Å²) in [6.07, 6.45) is 4.43. The number of unbranched alkanes of at least 4 members (excludes halogenated alkanes) is 2. The highest BCUT2D eigenvalue weighted by Gasteiger charge is 2.07. The highest BCUT2D eigenvalue weighted by Crippen LogP contribution is 2.01. The minimum Gasteiger partial charge on any atom is -0.379 e. The van der Waals surface area contributed by atoms with Crippen molar-refractivity contribution in [1.29, 1.82) is 0 Å². The van der Waals surface area contributed by atoms with Gasteiger partial charge in [0.05, 0.1) is 13.2 Å². The van der Waals surface area contributed by atoms with E-state index in [4.69, 9.17) is 13.9 Å². The van der Waals surface area contributed by atoms with Crippen LogP contribution in [0.3, 0.4) is 0 Å². The molecule has 0 aromatic rings. The number of hydrogen-bond donors (Lipinski definition) is 0. The van der Waals surface area contributed by atoms with Gasteiger partial charge < -0.3 is 13.9 Å². The number of hydrogen-bond acceptors (Lipinski definition) is 3. The lowest BCUT2D eigenvalue weighted by Gasteiger charge is -2.18. The van der Waals surface area contributed by atoms with E-state index in [1.807, 2.05) is 0 Å². The monoisotopic (exact) mass is 220 g/mol. The zero-order valence-electron chi connectivity index (χ0n) is 9.75. The summed E-state index contributed by atoms with van der Waals surface area (Å²) in [7, 11) is -0.452. The Hall–Kier alpha value is 0.0969. The first-order valence-electron chi connectivity index (χ1n) is 5.69. The van der Waals surface area contributed by atoms with Crippen LogP contribution in [0.25, 0.3) is 0 Å². The summed E-state index contributed by atoms with van der Waals surface area (Å²) in [5.41, 5.74) is 0. The van der Waals surface area contributed by atoms with Crippen LogP contribution >= 0.6 is 0 Å². The molecule has 3 nitrogen and oxygen atoms in total. The molecule has 0 bridgehead atoms. The third-order valence-corrected chi connectivity index (χ3v) is 2.41. The van der Waals surface area contributed by atoms with Crippen molar-refractivity contribution >= 4 is 9.76 Å². The molecule has 86 valence electrons. The van der Waals surface area contributed by atoms with E-state index in [0.717, 1.165) is 38.9 Å². The van der Waals surface area contributed by atoms with Gasteiger partial charge in [0.1, 0.15) is 0 Å². The van der Waals surface area contributed by atoms with Crippen LogP contribution in [0, 0.1) is 0 Å². The minimum absolute atomic E-state index is 0.398. The van der Waals surface area contributed by atoms with Crippen molar-refractivity contribution in [2.24, 2.45) is 0 Å². The average molecular weight is 220 g/mol. The Bertz CT molecular complexity index is 102. The van der Waals surface area contributed by atoms with E-state index in [2.05, 4.69) is 20.4 Å². The molecule has 14 heavy (non-hydrogen) atoms. The van der Waals surface area contributed by atoms with E-state index in [9.17, 15) is 0 Å². The molecule has 0 heterocycles. The lowest BCUT2D eigenvalue weighted by atomic mass is 10.4. The fraction of sp³-hybridized carbons (Fsp3) is 1.00. The van der Waals surface area contributed by atoms with E-state index >= 15 is 0 Å². The highest BCUT2D eigenvalue weighted by molar-refractivity contribution is 6.24. The molecule has 0 aromatic heterocycles. The molecular formula is C10H24O3Si. The van der Waals surface area contributed by atoms with Crippen molar-refractivity contribution < 1.29 is 13.9 Å². The first-order chi connectivity index (χ1) is 6.85. The van der Waals surface area contributed by atoms with Crippen molar-refractivity contribution in [3.8, 4) is 0 Å². The summed E-state index contributed by atoms with van der Waals surface area (Å²) in [5, 5.41) is 0. The Kier molecular flexibility index (Phi) is 11.3. The summed E-state index contributed by atoms with van der Waals surface area (Å²) in [6.45, 7) is 7.45. The Balaban J connectivity index is 3.44. The van der Waals surface area contributed by atoms with Crippen LogP contribution in [-0.2, 0) is 13.9 Å². The second-order valence-electron chi connectivity index (χ2n) is 3.19. The topological polar surface area (TPSA) is 27.7 Å². The maximum Gasteiger partial charge on any atom is 0.261 e. The van der Waals surface area contributed by atoms with Gasteiger partial charge in [-0.1, -0.05) is 33.2 Å². The standard InChI is InChI=1S/C10H24O3Si/c1-4-6-8-11-10(13-14-3)12-9-7-5-2/h10H,4-9,14H2,1-3H3. The maximum absolute atomic E-state index is 5.46. The fourth-order valence-corrected chi connectivity index (χ4v) is 1.39. The van der Waals surface area contributed by atoms with Gasteiger partial charge in [0, 0.05) is 0 Å². The van der Waals surface area contributed by atoms with E-state index in [1.165, 1.54) is 0 Å². The molecule has 0 rings (SSSR count). The van der Waals surface area contributed by atoms with Gasteiger partial charge in [0.2, 0.25) is 0 Å². The Labute approximate surface area is 90.1 Å². The molecule has 0 fully saturated rings. The molecular weight excluding hydrogens is 196 g/mol. The largest absolute Gasteiger partial charge is 0.379 e. The van der Waals surface area contributed by atoms with Gasteiger partial charge in [-0.15, -0.1) is 0 Å². The Morgan fingerprint density at radius 1 is 1.00 bits per heavy atom. The molecule has 0 saturated carbocycles. The van der Waals surface area contributed by atoms with Gasteiger partial charge >= 0.3 is 0 Å². The van der Waals surface area contributed by atoms with E-state index in [-0.39, 0.29) is 0 Å². The van der Waals surface area contributed by atoms with Gasteiger partial charge in [-0.25, -0.2) is 0 Å². The molecule has 0 spiro atoms. The van der Waals surface area contributed by atoms with Crippen LogP contribution in [0.4, 0.5) is 0 Å². The Morgan fingerprint density at radius 3 is 1.86 bits per heavy atom. The van der Waals surface area contributed by atoms with E-state index in [0.29, 0.717) is 0 Å². The Morgan fingerprint density at radius 2 is 1.50 bits per heavy atom. The lowest BCUT2D eigenvalue weighted by molar-refractivity contribution is -0.248. The van der Waals surface area contributed by atoms with E-state index in [1.54, 1.807) is 0 Å². The predicted octanol–water partition coefficient (Wildman–Crippen LogP) is 2.05. The van der Waals surface area contributed by atoms with Crippen molar-refractivity contribution in [3.05, 3.63) is 0 Å². The zero-order valence-corrected chi connectivity index (χ0v) is 11.2. The SMILES string of the molecule is CCCCOC(OCCCC)O[SiH2]C. The molecule has 0 aliphatic rings. The summed E-state index contributed by atoms with van der Waals surface area (Å²) >= 11 is 0. The minimum atomic E-state index is -0.452. The van der Waals surface area contributed by atoms with Crippen LogP contribution in [0.15, 0.2) is 0 Å². The summed E-state index contributed by atoms with van der Waals surface area (Å²) < 4.78 is 16.3. The van der Waals surface area contributed by atoms with Gasteiger partial charge in [0.25, 0.3) is 6.48 Å². The van der Waals surface area contributed by atoms with Gasteiger partial charge in [-0.3, -0.25) is 0 Å². The molecule has 0 amide bonds. The second-order valence-corrected chi connectivity index (χ2v) is 4.10. The zero-order chi connectivity index (χ0) is 10.6. The molecule has 0 N–H and O–H groups in total. The normalized spacial score (nSPS) is 12.0. The molecule has 0 aliphatic heterocycles. The maximum atomic E-state index is 5.46. The van der Waals surface area contributed by atoms with E-state index < -0.39 is 16.2 Å². The van der Waals surface area contributed by atoms with Gasteiger partial charge in [-0.05, 0) is 12.8 Å². The number of ether oxygens (including phenoxy) is 2. The summed E-state index contributed by atoms with van der Waals surface area (Å²) in [4.78, 5) is 0. The first kappa shape index (κ1) is 14.1. The second kappa shape index (κ2) is 11.2. The molecule has 0 unspecified atom stereocenters.